The van der Waals surface area contributed by atoms with Crippen molar-refractivity contribution in [3.05, 3.63) is 33.4 Å². The zero-order valence-electron chi connectivity index (χ0n) is 13.4. The van der Waals surface area contributed by atoms with Gasteiger partial charge in [0.15, 0.2) is 0 Å². The first-order valence-corrected chi connectivity index (χ1v) is 9.02. The van der Waals surface area contributed by atoms with Gasteiger partial charge in [-0.15, -0.1) is 0 Å². The Morgan fingerprint density at radius 1 is 1.26 bits per heavy atom. The van der Waals surface area contributed by atoms with Crippen molar-refractivity contribution in [1.82, 2.24) is 10.2 Å². The number of aromatic nitrogens is 2. The molecule has 2 aromatic rings. The van der Waals surface area contributed by atoms with E-state index in [1.54, 1.807) is 6.20 Å². The lowest BCUT2D eigenvalue weighted by molar-refractivity contribution is 0.283. The summed E-state index contributed by atoms with van der Waals surface area (Å²) in [6.07, 6.45) is 10.8. The normalized spacial score (nSPS) is 11.0. The van der Waals surface area contributed by atoms with Gasteiger partial charge in [0.05, 0.1) is 16.7 Å². The highest BCUT2D eigenvalue weighted by Crippen LogP contribution is 2.33. The number of unbranched alkanes of at least 4 members (excludes halogenated alkanes) is 3. The van der Waals surface area contributed by atoms with Crippen LogP contribution in [0.2, 0.25) is 5.02 Å². The van der Waals surface area contributed by atoms with Gasteiger partial charge < -0.3 is 10.2 Å². The number of aliphatic hydroxyl groups excluding tert-OH is 2. The summed E-state index contributed by atoms with van der Waals surface area (Å²) in [5, 5.41) is 25.5. The Labute approximate surface area is 150 Å². The van der Waals surface area contributed by atoms with Crippen molar-refractivity contribution in [3.8, 4) is 0 Å². The average molecular weight is 404 g/mol. The van der Waals surface area contributed by atoms with Gasteiger partial charge in [-0.1, -0.05) is 49.9 Å². The molecule has 0 spiro atoms. The molecule has 0 atom stereocenters. The van der Waals surface area contributed by atoms with Crippen molar-refractivity contribution in [3.63, 3.8) is 0 Å². The molecule has 0 aliphatic carbocycles. The van der Waals surface area contributed by atoms with E-state index in [0.717, 1.165) is 27.4 Å². The van der Waals surface area contributed by atoms with Gasteiger partial charge >= 0.3 is 0 Å². The third-order valence-electron chi connectivity index (χ3n) is 3.26. The summed E-state index contributed by atoms with van der Waals surface area (Å²) >= 11 is 9.66. The van der Waals surface area contributed by atoms with Gasteiger partial charge in [0.1, 0.15) is 0 Å². The second-order valence-electron chi connectivity index (χ2n) is 5.12. The van der Waals surface area contributed by atoms with Crippen LogP contribution in [0.4, 0.5) is 0 Å². The van der Waals surface area contributed by atoms with Gasteiger partial charge in [-0.25, -0.2) is 0 Å². The van der Waals surface area contributed by atoms with E-state index in [4.69, 9.17) is 21.8 Å². The predicted molar refractivity (Wildman–Crippen MR) is 101 cm³/mol. The first kappa shape index (κ1) is 20.2. The molecule has 1 heterocycles. The number of H-pyrrole nitrogens is 1. The number of rotatable bonds is 7. The molecule has 128 valence electrons. The molecule has 0 amide bonds. The summed E-state index contributed by atoms with van der Waals surface area (Å²) in [5.41, 5.74) is 1.81. The van der Waals surface area contributed by atoms with Crippen LogP contribution in [0, 0.1) is 0 Å². The van der Waals surface area contributed by atoms with E-state index in [1.807, 2.05) is 18.2 Å². The van der Waals surface area contributed by atoms with E-state index in [-0.39, 0.29) is 6.61 Å². The van der Waals surface area contributed by atoms with Crippen molar-refractivity contribution >= 4 is 44.5 Å². The van der Waals surface area contributed by atoms with Crippen LogP contribution < -0.4 is 0 Å². The number of fused-ring (bicyclic) bond motifs is 1. The minimum atomic E-state index is 0.139. The van der Waals surface area contributed by atoms with Crippen molar-refractivity contribution in [2.45, 2.75) is 39.0 Å². The smallest absolute Gasteiger partial charge is 0.0676 e. The number of nitrogens with one attached hydrogen (secondary N) is 1. The Morgan fingerprint density at radius 2 is 2.04 bits per heavy atom. The third kappa shape index (κ3) is 6.63. The Balaban J connectivity index is 0.000000322. The fourth-order valence-corrected chi connectivity index (χ4v) is 3.04. The van der Waals surface area contributed by atoms with Crippen molar-refractivity contribution < 1.29 is 10.2 Å². The fourth-order valence-electron chi connectivity index (χ4n) is 2.00. The van der Waals surface area contributed by atoms with E-state index >= 15 is 0 Å². The number of halogens is 2. The first-order chi connectivity index (χ1) is 11.2. The molecule has 0 fully saturated rings. The van der Waals surface area contributed by atoms with Crippen LogP contribution >= 0.6 is 27.5 Å². The van der Waals surface area contributed by atoms with Gasteiger partial charge in [0.25, 0.3) is 0 Å². The Bertz CT molecular complexity index is 610. The van der Waals surface area contributed by atoms with Gasteiger partial charge in [-0.05, 0) is 34.8 Å². The maximum atomic E-state index is 8.71. The van der Waals surface area contributed by atoms with Crippen molar-refractivity contribution in [2.75, 3.05) is 13.2 Å². The summed E-state index contributed by atoms with van der Waals surface area (Å²) in [5.74, 6) is 0. The predicted octanol–water partition coefficient (Wildman–Crippen LogP) is 4.93. The lowest BCUT2D eigenvalue weighted by atomic mass is 10.1. The number of benzene rings is 1. The van der Waals surface area contributed by atoms with Crippen molar-refractivity contribution in [2.24, 2.45) is 0 Å². The van der Waals surface area contributed by atoms with Crippen LogP contribution in [0.25, 0.3) is 17.0 Å². The van der Waals surface area contributed by atoms with E-state index in [9.17, 15) is 0 Å². The molecule has 0 aliphatic heterocycles. The molecule has 0 aliphatic rings. The van der Waals surface area contributed by atoms with Crippen molar-refractivity contribution in [1.29, 1.82) is 0 Å². The molecule has 0 bridgehead atoms. The lowest BCUT2D eigenvalue weighted by Gasteiger charge is -2.03. The molecular weight excluding hydrogens is 380 g/mol. The van der Waals surface area contributed by atoms with E-state index in [1.165, 1.54) is 19.3 Å². The quantitative estimate of drug-likeness (QED) is 0.574. The molecule has 2 rings (SSSR count). The maximum Gasteiger partial charge on any atom is 0.0676 e. The summed E-state index contributed by atoms with van der Waals surface area (Å²) in [6, 6.07) is 1.84. The molecule has 0 saturated heterocycles. The van der Waals surface area contributed by atoms with Crippen LogP contribution in [-0.4, -0.2) is 33.6 Å². The Kier molecular flexibility index (Phi) is 10.2. The highest BCUT2D eigenvalue weighted by atomic mass is 79.9. The number of aliphatic hydroxyl groups is 2. The number of hydrogen-bond donors (Lipinski definition) is 3. The zero-order valence-corrected chi connectivity index (χ0v) is 15.7. The molecule has 1 aromatic carbocycles. The van der Waals surface area contributed by atoms with Gasteiger partial charge in [0.2, 0.25) is 0 Å². The minimum absolute atomic E-state index is 0.139. The molecule has 6 heteroatoms. The topological polar surface area (TPSA) is 69.1 Å². The van der Waals surface area contributed by atoms with Crippen LogP contribution in [0.1, 0.15) is 44.6 Å². The average Bonchev–Trinajstić information content (AvgIpc) is 3.00. The molecule has 1 aromatic heterocycles. The monoisotopic (exact) mass is 402 g/mol. The minimum Gasteiger partial charge on any atom is -0.396 e. The second kappa shape index (κ2) is 11.6. The van der Waals surface area contributed by atoms with Crippen LogP contribution in [0.15, 0.2) is 22.8 Å². The maximum absolute atomic E-state index is 8.71. The molecule has 0 saturated carbocycles. The Morgan fingerprint density at radius 3 is 2.70 bits per heavy atom. The zero-order chi connectivity index (χ0) is 17.1. The molecule has 3 N–H and O–H groups in total. The third-order valence-corrected chi connectivity index (χ3v) is 4.43. The molecule has 23 heavy (non-hydrogen) atoms. The molecular formula is C17H24BrClN2O2. The molecule has 0 radical (unpaired) electrons. The highest BCUT2D eigenvalue weighted by Gasteiger charge is 2.09. The fraction of sp³-hybridized carbons (Fsp3) is 0.471. The highest BCUT2D eigenvalue weighted by molar-refractivity contribution is 9.10. The van der Waals surface area contributed by atoms with E-state index in [2.05, 4.69) is 33.1 Å². The standard InChI is InChI=1S/C11H10BrClN2O.C6H14O/c12-11-7(3-1-2-4-16)9(13)5-10-8(11)6-14-15-10;1-2-3-4-5-6-7/h1,3,5-6,16H,2,4H2,(H,14,15);7H,2-6H2,1H3/b3-1-;. The summed E-state index contributed by atoms with van der Waals surface area (Å²) < 4.78 is 0.915. The number of nitrogens with zero attached hydrogens (tertiary/aromatic N) is 1. The lowest BCUT2D eigenvalue weighted by Crippen LogP contribution is -1.82. The van der Waals surface area contributed by atoms with Crippen LogP contribution in [0.5, 0.6) is 0 Å². The molecule has 4 nitrogen and oxygen atoms in total. The Hall–Kier alpha value is -0.880. The van der Waals surface area contributed by atoms with Gasteiger partial charge in [-0.2, -0.15) is 5.10 Å². The first-order valence-electron chi connectivity index (χ1n) is 7.85. The van der Waals surface area contributed by atoms with E-state index < -0.39 is 0 Å². The second-order valence-corrected chi connectivity index (χ2v) is 6.32. The van der Waals surface area contributed by atoms with Gasteiger partial charge in [-0.3, -0.25) is 5.10 Å². The summed E-state index contributed by atoms with van der Waals surface area (Å²) in [6.45, 7) is 2.66. The number of hydrogen-bond acceptors (Lipinski definition) is 3. The SMILES string of the molecule is CCCCCCO.OCC/C=C\c1c(Cl)cc2[nH]ncc2c1Br. The van der Waals surface area contributed by atoms with E-state index in [0.29, 0.717) is 18.1 Å². The molecule has 0 unspecified atom stereocenters. The van der Waals surface area contributed by atoms with Crippen LogP contribution in [0.3, 0.4) is 0 Å². The van der Waals surface area contributed by atoms with Gasteiger partial charge in [0, 0.05) is 28.6 Å². The van der Waals surface area contributed by atoms with Crippen LogP contribution in [-0.2, 0) is 0 Å². The summed E-state index contributed by atoms with van der Waals surface area (Å²) in [4.78, 5) is 0. The largest absolute Gasteiger partial charge is 0.396 e. The summed E-state index contributed by atoms with van der Waals surface area (Å²) in [7, 11) is 0. The number of aromatic amines is 1.